The van der Waals surface area contributed by atoms with Crippen LogP contribution in [0.4, 0.5) is 0 Å². The van der Waals surface area contributed by atoms with Crippen LogP contribution in [0.3, 0.4) is 0 Å². The Labute approximate surface area is 103 Å². The summed E-state index contributed by atoms with van der Waals surface area (Å²) >= 11 is 0. The number of carbonyl (C=O) groups is 1. The van der Waals surface area contributed by atoms with Gasteiger partial charge in [0, 0.05) is 19.8 Å². The minimum absolute atomic E-state index is 0.0173. The molecule has 0 aromatic heterocycles. The van der Waals surface area contributed by atoms with Gasteiger partial charge in [-0.05, 0) is 19.3 Å². The van der Waals surface area contributed by atoms with Crippen molar-refractivity contribution in [3.63, 3.8) is 0 Å². The van der Waals surface area contributed by atoms with Gasteiger partial charge in [-0.25, -0.2) is 4.79 Å². The Morgan fingerprint density at radius 3 is 2.47 bits per heavy atom. The molecule has 0 saturated carbocycles. The van der Waals surface area contributed by atoms with Gasteiger partial charge < -0.3 is 18.9 Å². The topological polar surface area (TPSA) is 54.0 Å². The van der Waals surface area contributed by atoms with Crippen molar-refractivity contribution in [2.45, 2.75) is 20.3 Å². The fourth-order valence-electron chi connectivity index (χ4n) is 1.09. The molecule has 0 fully saturated rings. The molecule has 5 nitrogen and oxygen atoms in total. The van der Waals surface area contributed by atoms with Gasteiger partial charge in [0.05, 0.1) is 6.61 Å². The molecule has 0 N–H and O–H groups in total. The predicted octanol–water partition coefficient (Wildman–Crippen LogP) is 1.73. The molecule has 1 atom stereocenters. The second-order valence-electron chi connectivity index (χ2n) is 3.84. The molecule has 5 heteroatoms. The third kappa shape index (κ3) is 8.85. The van der Waals surface area contributed by atoms with Crippen LogP contribution in [-0.4, -0.2) is 40.4 Å². The predicted molar refractivity (Wildman–Crippen MR) is 63.3 cm³/mol. The number of rotatable bonds is 9. The smallest absolute Gasteiger partial charge is 0.335 e. The van der Waals surface area contributed by atoms with Crippen LogP contribution in [0.2, 0.25) is 0 Å². The summed E-state index contributed by atoms with van der Waals surface area (Å²) in [5.74, 6) is -0.0211. The van der Waals surface area contributed by atoms with Crippen molar-refractivity contribution in [1.82, 2.24) is 0 Å². The SMILES string of the molecule is COCOC[C@@H](C)C/C=C(\C)C(=O)OCOC. The van der Waals surface area contributed by atoms with Crippen LogP contribution in [0, 0.1) is 5.92 Å². The van der Waals surface area contributed by atoms with Crippen molar-refractivity contribution in [2.75, 3.05) is 34.4 Å². The van der Waals surface area contributed by atoms with Crippen LogP contribution in [0.25, 0.3) is 0 Å². The lowest BCUT2D eigenvalue weighted by Gasteiger charge is -2.09. The first kappa shape index (κ1) is 16.1. The van der Waals surface area contributed by atoms with Crippen molar-refractivity contribution < 1.29 is 23.7 Å². The van der Waals surface area contributed by atoms with E-state index < -0.39 is 0 Å². The summed E-state index contributed by atoms with van der Waals surface area (Å²) in [6, 6.07) is 0. The molecule has 0 aromatic rings. The Morgan fingerprint density at radius 2 is 1.88 bits per heavy atom. The summed E-state index contributed by atoms with van der Waals surface area (Å²) in [7, 11) is 3.06. The Kier molecular flexibility index (Phi) is 9.71. The molecule has 0 aliphatic heterocycles. The average Bonchev–Trinajstić information content (AvgIpc) is 2.33. The van der Waals surface area contributed by atoms with E-state index in [-0.39, 0.29) is 12.8 Å². The van der Waals surface area contributed by atoms with Gasteiger partial charge in [0.15, 0.2) is 6.79 Å². The van der Waals surface area contributed by atoms with E-state index in [9.17, 15) is 4.79 Å². The lowest BCUT2D eigenvalue weighted by atomic mass is 10.1. The van der Waals surface area contributed by atoms with Crippen molar-refractivity contribution in [1.29, 1.82) is 0 Å². The third-order valence-electron chi connectivity index (χ3n) is 2.06. The molecule has 0 aromatic carbocycles. The van der Waals surface area contributed by atoms with Gasteiger partial charge in [0.1, 0.15) is 6.79 Å². The molecule has 0 amide bonds. The van der Waals surface area contributed by atoms with Gasteiger partial charge in [-0.2, -0.15) is 0 Å². The zero-order valence-electron chi connectivity index (χ0n) is 11.0. The number of esters is 1. The van der Waals surface area contributed by atoms with Crippen LogP contribution >= 0.6 is 0 Å². The Morgan fingerprint density at radius 1 is 1.24 bits per heavy atom. The van der Waals surface area contributed by atoms with Crippen molar-refractivity contribution in [3.05, 3.63) is 11.6 Å². The first-order chi connectivity index (χ1) is 8.11. The fraction of sp³-hybridized carbons (Fsp3) is 0.750. The molecule has 0 bridgehead atoms. The Bertz CT molecular complexity index is 237. The van der Waals surface area contributed by atoms with E-state index >= 15 is 0 Å². The minimum atomic E-state index is -0.350. The number of carbonyl (C=O) groups excluding carboxylic acids is 1. The van der Waals surface area contributed by atoms with Gasteiger partial charge in [-0.3, -0.25) is 0 Å². The van der Waals surface area contributed by atoms with Crippen LogP contribution in [0.15, 0.2) is 11.6 Å². The molecule has 0 saturated heterocycles. The van der Waals surface area contributed by atoms with E-state index in [0.717, 1.165) is 6.42 Å². The summed E-state index contributed by atoms with van der Waals surface area (Å²) in [5, 5.41) is 0. The maximum atomic E-state index is 11.4. The monoisotopic (exact) mass is 246 g/mol. The molecule has 0 unspecified atom stereocenters. The van der Waals surface area contributed by atoms with E-state index in [1.807, 2.05) is 13.0 Å². The Hall–Kier alpha value is -0.910. The highest BCUT2D eigenvalue weighted by Crippen LogP contribution is 2.07. The van der Waals surface area contributed by atoms with Crippen LogP contribution in [0.5, 0.6) is 0 Å². The van der Waals surface area contributed by atoms with Crippen molar-refractivity contribution in [3.8, 4) is 0 Å². The lowest BCUT2D eigenvalue weighted by Crippen LogP contribution is -2.10. The van der Waals surface area contributed by atoms with Gasteiger partial charge in [-0.15, -0.1) is 0 Å². The highest BCUT2D eigenvalue weighted by Gasteiger charge is 2.06. The van der Waals surface area contributed by atoms with Crippen LogP contribution in [0.1, 0.15) is 20.3 Å². The van der Waals surface area contributed by atoms with Gasteiger partial charge in [-0.1, -0.05) is 13.0 Å². The summed E-state index contributed by atoms with van der Waals surface area (Å²) in [4.78, 5) is 11.4. The standard InChI is InChI=1S/C12H22O5/c1-10(7-16-8-14-3)5-6-11(2)12(13)17-9-15-4/h6,10H,5,7-9H2,1-4H3/b11-6+/t10-/m0/s1. The molecule has 0 rings (SSSR count). The van der Waals surface area contributed by atoms with Crippen LogP contribution in [-0.2, 0) is 23.7 Å². The summed E-state index contributed by atoms with van der Waals surface area (Å²) < 4.78 is 19.4. The minimum Gasteiger partial charge on any atom is -0.435 e. The first-order valence-corrected chi connectivity index (χ1v) is 5.51. The molecular weight excluding hydrogens is 224 g/mol. The zero-order valence-corrected chi connectivity index (χ0v) is 11.0. The summed E-state index contributed by atoms with van der Waals surface area (Å²) in [5.41, 5.74) is 0.584. The normalized spacial score (nSPS) is 13.5. The maximum absolute atomic E-state index is 11.4. The van der Waals surface area contributed by atoms with E-state index in [4.69, 9.17) is 14.2 Å². The highest BCUT2D eigenvalue weighted by atomic mass is 16.7. The van der Waals surface area contributed by atoms with Gasteiger partial charge >= 0.3 is 5.97 Å². The number of hydrogen-bond acceptors (Lipinski definition) is 5. The largest absolute Gasteiger partial charge is 0.435 e. The lowest BCUT2D eigenvalue weighted by molar-refractivity contribution is -0.149. The number of allylic oxidation sites excluding steroid dienone is 1. The van der Waals surface area contributed by atoms with Crippen molar-refractivity contribution in [2.24, 2.45) is 5.92 Å². The molecular formula is C12H22O5. The fourth-order valence-corrected chi connectivity index (χ4v) is 1.09. The Balaban J connectivity index is 3.83. The van der Waals surface area contributed by atoms with Crippen molar-refractivity contribution >= 4 is 5.97 Å². The number of ether oxygens (including phenoxy) is 4. The molecule has 0 spiro atoms. The second-order valence-corrected chi connectivity index (χ2v) is 3.84. The van der Waals surface area contributed by atoms with E-state index in [2.05, 4.69) is 4.74 Å². The third-order valence-corrected chi connectivity index (χ3v) is 2.06. The molecule has 100 valence electrons. The number of hydrogen-bond donors (Lipinski definition) is 0. The highest BCUT2D eigenvalue weighted by molar-refractivity contribution is 5.87. The second kappa shape index (κ2) is 10.3. The summed E-state index contributed by atoms with van der Waals surface area (Å²) in [6.45, 7) is 4.64. The van der Waals surface area contributed by atoms with Gasteiger partial charge in [0.25, 0.3) is 0 Å². The van der Waals surface area contributed by atoms with Gasteiger partial charge in [0.2, 0.25) is 0 Å². The quantitative estimate of drug-likeness (QED) is 0.268. The van der Waals surface area contributed by atoms with E-state index in [0.29, 0.717) is 24.9 Å². The number of methoxy groups -OCH3 is 2. The van der Waals surface area contributed by atoms with E-state index in [1.165, 1.54) is 7.11 Å². The molecule has 0 heterocycles. The molecule has 0 radical (unpaired) electrons. The zero-order chi connectivity index (χ0) is 13.1. The maximum Gasteiger partial charge on any atom is 0.335 e. The van der Waals surface area contributed by atoms with Crippen LogP contribution < -0.4 is 0 Å². The average molecular weight is 246 g/mol. The molecule has 0 aliphatic carbocycles. The molecule has 0 aliphatic rings. The van der Waals surface area contributed by atoms with E-state index in [1.54, 1.807) is 14.0 Å². The summed E-state index contributed by atoms with van der Waals surface area (Å²) in [6.07, 6.45) is 2.61. The first-order valence-electron chi connectivity index (χ1n) is 5.51. The molecule has 17 heavy (non-hydrogen) atoms.